The van der Waals surface area contributed by atoms with Crippen molar-refractivity contribution in [2.75, 3.05) is 0 Å². The van der Waals surface area contributed by atoms with Crippen molar-refractivity contribution in [2.45, 2.75) is 13.0 Å². The molecule has 3 nitrogen and oxygen atoms in total. The Hall–Kier alpha value is -2.37. The summed E-state index contributed by atoms with van der Waals surface area (Å²) in [5.74, 6) is -2.61. The lowest BCUT2D eigenvalue weighted by molar-refractivity contribution is 0.0938. The smallest absolute Gasteiger partial charge is 0.251 e. The summed E-state index contributed by atoms with van der Waals surface area (Å²) >= 11 is 0. The molecule has 6 heteroatoms. The van der Waals surface area contributed by atoms with E-state index in [0.717, 1.165) is 30.5 Å². The number of rotatable bonds is 3. The lowest BCUT2D eigenvalue weighted by atomic mass is 10.1. The normalized spacial score (nSPS) is 12.0. The molecule has 0 saturated carbocycles. The van der Waals surface area contributed by atoms with Crippen LogP contribution in [0, 0.1) is 17.6 Å². The maximum atomic E-state index is 13.5. The van der Waals surface area contributed by atoms with Gasteiger partial charge in [-0.2, -0.15) is 4.39 Å². The Labute approximate surface area is 113 Å². The third-order valence-electron chi connectivity index (χ3n) is 2.76. The van der Waals surface area contributed by atoms with Gasteiger partial charge in [0.15, 0.2) is 0 Å². The highest BCUT2D eigenvalue weighted by Gasteiger charge is 2.16. The molecule has 0 aliphatic rings. The first-order valence-corrected chi connectivity index (χ1v) is 5.84. The van der Waals surface area contributed by atoms with Crippen LogP contribution in [-0.2, 0) is 0 Å². The van der Waals surface area contributed by atoms with Gasteiger partial charge < -0.3 is 5.32 Å². The Morgan fingerprint density at radius 2 is 1.95 bits per heavy atom. The van der Waals surface area contributed by atoms with E-state index in [-0.39, 0.29) is 11.1 Å². The van der Waals surface area contributed by atoms with Gasteiger partial charge in [-0.05, 0) is 31.2 Å². The van der Waals surface area contributed by atoms with E-state index in [0.29, 0.717) is 0 Å². The number of pyridine rings is 1. The second-order valence-corrected chi connectivity index (χ2v) is 4.23. The van der Waals surface area contributed by atoms with E-state index in [9.17, 15) is 18.0 Å². The lowest BCUT2D eigenvalue weighted by Gasteiger charge is -2.15. The topological polar surface area (TPSA) is 42.0 Å². The summed E-state index contributed by atoms with van der Waals surface area (Å²) in [4.78, 5) is 15.2. The maximum Gasteiger partial charge on any atom is 0.251 e. The van der Waals surface area contributed by atoms with Gasteiger partial charge in [-0.1, -0.05) is 0 Å². The molecule has 20 heavy (non-hydrogen) atoms. The SMILES string of the molecule is CC(NC(=O)c1ccnc(F)c1)c1cc(F)ccc1F. The van der Waals surface area contributed by atoms with Gasteiger partial charge >= 0.3 is 0 Å². The number of aromatic nitrogens is 1. The number of carbonyl (C=O) groups excluding carboxylic acids is 1. The monoisotopic (exact) mass is 280 g/mol. The predicted molar refractivity (Wildman–Crippen MR) is 66.4 cm³/mol. The molecular formula is C14H11F3N2O. The molecule has 0 aliphatic heterocycles. The highest BCUT2D eigenvalue weighted by atomic mass is 19.1. The molecular weight excluding hydrogens is 269 g/mol. The first-order chi connectivity index (χ1) is 9.47. The van der Waals surface area contributed by atoms with Crippen molar-refractivity contribution in [3.8, 4) is 0 Å². The molecule has 2 aromatic rings. The van der Waals surface area contributed by atoms with E-state index in [1.54, 1.807) is 0 Å². The minimum absolute atomic E-state index is 0.0212. The zero-order valence-corrected chi connectivity index (χ0v) is 10.5. The summed E-state index contributed by atoms with van der Waals surface area (Å²) in [5, 5.41) is 2.47. The standard InChI is InChI=1S/C14H11F3N2O/c1-8(11-7-10(15)2-3-12(11)16)19-14(20)9-4-5-18-13(17)6-9/h2-8H,1H3,(H,19,20). The van der Waals surface area contributed by atoms with E-state index >= 15 is 0 Å². The predicted octanol–water partition coefficient (Wildman–Crippen LogP) is 2.99. The molecule has 0 aliphatic carbocycles. The number of halogens is 3. The Morgan fingerprint density at radius 3 is 2.65 bits per heavy atom. The summed E-state index contributed by atoms with van der Waals surface area (Å²) in [6.45, 7) is 1.51. The second kappa shape index (κ2) is 5.73. The van der Waals surface area contributed by atoms with Crippen molar-refractivity contribution in [3.63, 3.8) is 0 Å². The fraction of sp³-hybridized carbons (Fsp3) is 0.143. The minimum atomic E-state index is -0.790. The number of benzene rings is 1. The maximum absolute atomic E-state index is 13.5. The van der Waals surface area contributed by atoms with E-state index < -0.39 is 29.5 Å². The highest BCUT2D eigenvalue weighted by molar-refractivity contribution is 5.94. The van der Waals surface area contributed by atoms with Crippen LogP contribution in [0.5, 0.6) is 0 Å². The molecule has 0 spiro atoms. The summed E-state index contributed by atoms with van der Waals surface area (Å²) in [7, 11) is 0. The molecule has 1 aromatic carbocycles. The zero-order chi connectivity index (χ0) is 14.7. The molecule has 1 N–H and O–H groups in total. The Morgan fingerprint density at radius 1 is 1.20 bits per heavy atom. The van der Waals surface area contributed by atoms with Gasteiger partial charge in [-0.3, -0.25) is 4.79 Å². The van der Waals surface area contributed by atoms with Crippen LogP contribution in [0.3, 0.4) is 0 Å². The lowest BCUT2D eigenvalue weighted by Crippen LogP contribution is -2.27. The molecule has 1 aromatic heterocycles. The molecule has 1 amide bonds. The minimum Gasteiger partial charge on any atom is -0.345 e. The largest absolute Gasteiger partial charge is 0.345 e. The van der Waals surface area contributed by atoms with E-state index in [2.05, 4.69) is 10.3 Å². The number of carbonyl (C=O) groups is 1. The van der Waals surface area contributed by atoms with Crippen molar-refractivity contribution >= 4 is 5.91 Å². The van der Waals surface area contributed by atoms with Gasteiger partial charge in [-0.25, -0.2) is 13.8 Å². The summed E-state index contributed by atoms with van der Waals surface area (Å²) in [5.41, 5.74) is 0.0778. The van der Waals surface area contributed by atoms with Crippen LogP contribution in [0.15, 0.2) is 36.5 Å². The number of nitrogens with one attached hydrogen (secondary N) is 1. The Kier molecular flexibility index (Phi) is 4.02. The van der Waals surface area contributed by atoms with Crippen molar-refractivity contribution < 1.29 is 18.0 Å². The second-order valence-electron chi connectivity index (χ2n) is 4.23. The van der Waals surface area contributed by atoms with E-state index in [1.165, 1.54) is 13.0 Å². The van der Waals surface area contributed by atoms with Crippen LogP contribution in [0.4, 0.5) is 13.2 Å². The molecule has 1 heterocycles. The van der Waals surface area contributed by atoms with Crippen LogP contribution in [0.1, 0.15) is 28.9 Å². The average Bonchev–Trinajstić information content (AvgIpc) is 2.41. The van der Waals surface area contributed by atoms with Crippen LogP contribution < -0.4 is 5.32 Å². The molecule has 0 bridgehead atoms. The van der Waals surface area contributed by atoms with Crippen molar-refractivity contribution in [2.24, 2.45) is 0 Å². The third-order valence-corrected chi connectivity index (χ3v) is 2.76. The number of nitrogens with zero attached hydrogens (tertiary/aromatic N) is 1. The Balaban J connectivity index is 2.17. The number of amides is 1. The summed E-state index contributed by atoms with van der Waals surface area (Å²) < 4.78 is 39.5. The summed E-state index contributed by atoms with van der Waals surface area (Å²) in [6.07, 6.45) is 1.15. The van der Waals surface area contributed by atoms with Crippen molar-refractivity contribution in [1.82, 2.24) is 10.3 Å². The zero-order valence-electron chi connectivity index (χ0n) is 10.5. The fourth-order valence-electron chi connectivity index (χ4n) is 1.75. The molecule has 2 rings (SSSR count). The van der Waals surface area contributed by atoms with E-state index in [1.807, 2.05) is 0 Å². The number of hydrogen-bond donors (Lipinski definition) is 1. The molecule has 1 atom stereocenters. The highest BCUT2D eigenvalue weighted by Crippen LogP contribution is 2.18. The van der Waals surface area contributed by atoms with Gasteiger partial charge in [-0.15, -0.1) is 0 Å². The van der Waals surface area contributed by atoms with Crippen LogP contribution in [-0.4, -0.2) is 10.9 Å². The van der Waals surface area contributed by atoms with Gasteiger partial charge in [0.1, 0.15) is 11.6 Å². The quantitative estimate of drug-likeness (QED) is 0.878. The van der Waals surface area contributed by atoms with Gasteiger partial charge in [0.2, 0.25) is 5.95 Å². The van der Waals surface area contributed by atoms with Crippen LogP contribution in [0.25, 0.3) is 0 Å². The van der Waals surface area contributed by atoms with Crippen LogP contribution >= 0.6 is 0 Å². The van der Waals surface area contributed by atoms with Gasteiger partial charge in [0, 0.05) is 23.4 Å². The first kappa shape index (κ1) is 14.0. The van der Waals surface area contributed by atoms with E-state index in [4.69, 9.17) is 0 Å². The average molecular weight is 280 g/mol. The summed E-state index contributed by atoms with van der Waals surface area (Å²) in [6, 6.07) is 4.52. The molecule has 104 valence electrons. The molecule has 0 saturated heterocycles. The van der Waals surface area contributed by atoms with Crippen molar-refractivity contribution in [1.29, 1.82) is 0 Å². The number of hydrogen-bond acceptors (Lipinski definition) is 2. The van der Waals surface area contributed by atoms with Crippen LogP contribution in [0.2, 0.25) is 0 Å². The molecule has 0 radical (unpaired) electrons. The van der Waals surface area contributed by atoms with Crippen molar-refractivity contribution in [3.05, 3.63) is 65.2 Å². The molecule has 1 unspecified atom stereocenters. The van der Waals surface area contributed by atoms with Gasteiger partial charge in [0.25, 0.3) is 5.91 Å². The van der Waals surface area contributed by atoms with Gasteiger partial charge in [0.05, 0.1) is 6.04 Å². The molecule has 0 fully saturated rings. The fourth-order valence-corrected chi connectivity index (χ4v) is 1.75. The first-order valence-electron chi connectivity index (χ1n) is 5.84. The third kappa shape index (κ3) is 3.14. The Bertz CT molecular complexity index is 646.